The van der Waals surface area contributed by atoms with Gasteiger partial charge in [0.05, 0.1) is 6.42 Å². The van der Waals surface area contributed by atoms with Gasteiger partial charge >= 0.3 is 0 Å². The second-order valence-corrected chi connectivity index (χ2v) is 8.52. The van der Waals surface area contributed by atoms with Gasteiger partial charge in [-0.2, -0.15) is 0 Å². The van der Waals surface area contributed by atoms with Crippen LogP contribution in [0.1, 0.15) is 43.5 Å². The molecule has 0 spiro atoms. The van der Waals surface area contributed by atoms with Crippen molar-refractivity contribution in [2.24, 2.45) is 0 Å². The van der Waals surface area contributed by atoms with Gasteiger partial charge in [0.25, 0.3) is 0 Å². The standard InChI is InChI=1S/C25H27N5O2/c31-23(16-18-10-12-21(13-11-18)29-15-5-9-24(29)32)26-20-7-4-6-19(17-20)25-28-27-22-8-2-1-3-14-30(22)25/h4,6-7,10-13,17H,1-3,5,8-9,14-16H2,(H,26,31). The summed E-state index contributed by atoms with van der Waals surface area (Å²) in [7, 11) is 0. The van der Waals surface area contributed by atoms with Crippen LogP contribution in [0, 0.1) is 0 Å². The summed E-state index contributed by atoms with van der Waals surface area (Å²) in [6, 6.07) is 15.5. The molecule has 5 rings (SSSR count). The first kappa shape index (κ1) is 20.4. The summed E-state index contributed by atoms with van der Waals surface area (Å²) in [4.78, 5) is 26.3. The van der Waals surface area contributed by atoms with Crippen molar-refractivity contribution in [3.63, 3.8) is 0 Å². The van der Waals surface area contributed by atoms with Crippen molar-refractivity contribution in [3.05, 3.63) is 59.9 Å². The molecule has 0 saturated carbocycles. The lowest BCUT2D eigenvalue weighted by Gasteiger charge is -2.16. The molecule has 2 aliphatic rings. The monoisotopic (exact) mass is 429 g/mol. The molecule has 0 unspecified atom stereocenters. The van der Waals surface area contributed by atoms with E-state index in [-0.39, 0.29) is 18.2 Å². The SMILES string of the molecule is O=C(Cc1ccc(N2CCCC2=O)cc1)Nc1cccc(-c2nnc3n2CCCCC3)c1. The highest BCUT2D eigenvalue weighted by Gasteiger charge is 2.21. The Morgan fingerprint density at radius 2 is 1.81 bits per heavy atom. The maximum Gasteiger partial charge on any atom is 0.228 e. The average molecular weight is 430 g/mol. The highest BCUT2D eigenvalue weighted by atomic mass is 16.2. The zero-order valence-electron chi connectivity index (χ0n) is 18.1. The first-order chi connectivity index (χ1) is 15.7. The molecule has 1 fully saturated rings. The van der Waals surface area contributed by atoms with Crippen molar-refractivity contribution in [2.45, 2.75) is 51.5 Å². The lowest BCUT2D eigenvalue weighted by atomic mass is 10.1. The molecule has 7 nitrogen and oxygen atoms in total. The maximum atomic E-state index is 12.6. The largest absolute Gasteiger partial charge is 0.326 e. The van der Waals surface area contributed by atoms with Crippen LogP contribution in [0.25, 0.3) is 11.4 Å². The van der Waals surface area contributed by atoms with E-state index in [2.05, 4.69) is 20.1 Å². The number of aromatic nitrogens is 3. The van der Waals surface area contributed by atoms with E-state index in [4.69, 9.17) is 0 Å². The summed E-state index contributed by atoms with van der Waals surface area (Å²) in [6.07, 6.45) is 6.27. The van der Waals surface area contributed by atoms with Crippen molar-refractivity contribution < 1.29 is 9.59 Å². The van der Waals surface area contributed by atoms with Crippen molar-refractivity contribution in [1.29, 1.82) is 0 Å². The quantitative estimate of drug-likeness (QED) is 0.665. The van der Waals surface area contributed by atoms with Gasteiger partial charge in [-0.25, -0.2) is 0 Å². The Labute approximate surface area is 187 Å². The second kappa shape index (κ2) is 8.94. The maximum absolute atomic E-state index is 12.6. The number of hydrogen-bond donors (Lipinski definition) is 1. The Kier molecular flexibility index (Phi) is 5.71. The van der Waals surface area contributed by atoms with Crippen LogP contribution < -0.4 is 10.2 Å². The fourth-order valence-electron chi connectivity index (χ4n) is 4.54. The van der Waals surface area contributed by atoms with E-state index in [0.717, 1.165) is 72.9 Å². The van der Waals surface area contributed by atoms with Crippen LogP contribution in [0.2, 0.25) is 0 Å². The van der Waals surface area contributed by atoms with Crippen molar-refractivity contribution >= 4 is 23.2 Å². The van der Waals surface area contributed by atoms with Crippen LogP contribution in [-0.4, -0.2) is 33.1 Å². The molecular formula is C25H27N5O2. The summed E-state index contributed by atoms with van der Waals surface area (Å²) in [5, 5.41) is 11.8. The van der Waals surface area contributed by atoms with Crippen molar-refractivity contribution in [1.82, 2.24) is 14.8 Å². The summed E-state index contributed by atoms with van der Waals surface area (Å²) in [6.45, 7) is 1.71. The zero-order valence-corrected chi connectivity index (χ0v) is 18.1. The van der Waals surface area contributed by atoms with Crippen LogP contribution in [0.15, 0.2) is 48.5 Å². The van der Waals surface area contributed by atoms with Gasteiger partial charge in [-0.1, -0.05) is 30.7 Å². The molecule has 32 heavy (non-hydrogen) atoms. The number of nitrogens with zero attached hydrogens (tertiary/aromatic N) is 4. The number of amides is 2. The number of benzene rings is 2. The number of nitrogens with one attached hydrogen (secondary N) is 1. The number of aryl methyl sites for hydroxylation is 1. The number of anilines is 2. The molecule has 1 N–H and O–H groups in total. The minimum absolute atomic E-state index is 0.0766. The molecule has 3 heterocycles. The van der Waals surface area contributed by atoms with Gasteiger partial charge in [-0.3, -0.25) is 9.59 Å². The first-order valence-electron chi connectivity index (χ1n) is 11.4. The van der Waals surface area contributed by atoms with E-state index in [1.54, 1.807) is 4.90 Å². The third kappa shape index (κ3) is 4.28. The fraction of sp³-hybridized carbons (Fsp3) is 0.360. The molecule has 0 radical (unpaired) electrons. The normalized spacial score (nSPS) is 16.0. The molecule has 0 aliphatic carbocycles. The number of rotatable bonds is 5. The molecule has 2 aliphatic heterocycles. The van der Waals surface area contributed by atoms with Gasteiger partial charge < -0.3 is 14.8 Å². The highest BCUT2D eigenvalue weighted by Crippen LogP contribution is 2.25. The third-order valence-corrected chi connectivity index (χ3v) is 6.20. The Bertz CT molecular complexity index is 1140. The number of carbonyl (C=O) groups excluding carboxylic acids is 2. The molecule has 3 aromatic rings. The Hall–Kier alpha value is -3.48. The predicted octanol–water partition coefficient (Wildman–Crippen LogP) is 3.98. The van der Waals surface area contributed by atoms with E-state index in [1.165, 1.54) is 6.42 Å². The second-order valence-electron chi connectivity index (χ2n) is 8.52. The summed E-state index contributed by atoms with van der Waals surface area (Å²) < 4.78 is 2.21. The predicted molar refractivity (Wildman–Crippen MR) is 123 cm³/mol. The molecule has 1 aromatic heterocycles. The van der Waals surface area contributed by atoms with E-state index >= 15 is 0 Å². The Morgan fingerprint density at radius 3 is 2.62 bits per heavy atom. The molecule has 1 saturated heterocycles. The summed E-state index contributed by atoms with van der Waals surface area (Å²) in [5.41, 5.74) is 3.52. The third-order valence-electron chi connectivity index (χ3n) is 6.20. The molecule has 0 atom stereocenters. The van der Waals surface area contributed by atoms with E-state index in [9.17, 15) is 9.59 Å². The molecular weight excluding hydrogens is 402 g/mol. The van der Waals surface area contributed by atoms with Gasteiger partial charge in [0.1, 0.15) is 5.82 Å². The van der Waals surface area contributed by atoms with Crippen LogP contribution in [-0.2, 0) is 29.0 Å². The first-order valence-corrected chi connectivity index (χ1v) is 11.4. The van der Waals surface area contributed by atoms with Crippen LogP contribution >= 0.6 is 0 Å². The molecule has 2 amide bonds. The molecule has 7 heteroatoms. The minimum atomic E-state index is -0.0766. The van der Waals surface area contributed by atoms with Gasteiger partial charge in [-0.15, -0.1) is 10.2 Å². The lowest BCUT2D eigenvalue weighted by molar-refractivity contribution is -0.117. The van der Waals surface area contributed by atoms with Gasteiger partial charge in [0, 0.05) is 42.9 Å². The van der Waals surface area contributed by atoms with Gasteiger partial charge in [0.2, 0.25) is 11.8 Å². The average Bonchev–Trinajstić information content (AvgIpc) is 3.33. The molecule has 2 aromatic carbocycles. The zero-order chi connectivity index (χ0) is 21.9. The van der Waals surface area contributed by atoms with Gasteiger partial charge in [-0.05, 0) is 49.1 Å². The number of hydrogen-bond acceptors (Lipinski definition) is 4. The fourth-order valence-corrected chi connectivity index (χ4v) is 4.54. The summed E-state index contributed by atoms with van der Waals surface area (Å²) >= 11 is 0. The van der Waals surface area contributed by atoms with E-state index in [1.807, 2.05) is 48.5 Å². The molecule has 0 bridgehead atoms. The smallest absolute Gasteiger partial charge is 0.228 e. The van der Waals surface area contributed by atoms with Crippen LogP contribution in [0.5, 0.6) is 0 Å². The van der Waals surface area contributed by atoms with Gasteiger partial charge in [0.15, 0.2) is 5.82 Å². The van der Waals surface area contributed by atoms with Crippen LogP contribution in [0.4, 0.5) is 11.4 Å². The number of fused-ring (bicyclic) bond motifs is 1. The summed E-state index contributed by atoms with van der Waals surface area (Å²) in [5.74, 6) is 2.00. The molecule has 164 valence electrons. The highest BCUT2D eigenvalue weighted by molar-refractivity contribution is 5.95. The Balaban J connectivity index is 1.25. The van der Waals surface area contributed by atoms with E-state index < -0.39 is 0 Å². The van der Waals surface area contributed by atoms with Crippen molar-refractivity contribution in [3.8, 4) is 11.4 Å². The van der Waals surface area contributed by atoms with Crippen LogP contribution in [0.3, 0.4) is 0 Å². The van der Waals surface area contributed by atoms with E-state index in [0.29, 0.717) is 6.42 Å². The Morgan fingerprint density at radius 1 is 0.938 bits per heavy atom. The number of carbonyl (C=O) groups is 2. The minimum Gasteiger partial charge on any atom is -0.326 e. The lowest BCUT2D eigenvalue weighted by Crippen LogP contribution is -2.23. The topological polar surface area (TPSA) is 80.1 Å². The van der Waals surface area contributed by atoms with Crippen molar-refractivity contribution in [2.75, 3.05) is 16.8 Å².